The molecule has 0 aliphatic carbocycles. The van der Waals surface area contributed by atoms with Crippen LogP contribution < -0.4 is 0 Å². The number of aromatic carboxylic acids is 1. The van der Waals surface area contributed by atoms with E-state index in [0.717, 1.165) is 11.1 Å². The van der Waals surface area contributed by atoms with Gasteiger partial charge in [-0.25, -0.2) is 4.79 Å². The minimum absolute atomic E-state index is 0.0356. The van der Waals surface area contributed by atoms with E-state index in [9.17, 15) is 14.4 Å². The first-order valence-electron chi connectivity index (χ1n) is 11.7. The number of halogens is 1. The standard InChI is InChI=1S/C28H20ClN5O4/c29-22-10-11-24(34-17-30-31-32-34)21(16-22)9-12-26(36)33-14-13-19-3-1-2-4-23(19)27(33)25(35)15-18-5-7-20(8-6-18)28(37)38/h1-8,10-11,16-17,27H,13-15H2,(H,37,38)/t27-/m0/s1. The Balaban J connectivity index is 1.45. The molecule has 1 atom stereocenters. The van der Waals surface area contributed by atoms with Gasteiger partial charge in [0.1, 0.15) is 12.4 Å². The van der Waals surface area contributed by atoms with E-state index in [4.69, 9.17) is 16.7 Å². The van der Waals surface area contributed by atoms with Crippen LogP contribution in [0, 0.1) is 11.8 Å². The molecule has 38 heavy (non-hydrogen) atoms. The molecule has 0 bridgehead atoms. The molecule has 1 aromatic heterocycles. The van der Waals surface area contributed by atoms with Gasteiger partial charge in [-0.05, 0) is 63.9 Å². The van der Waals surface area contributed by atoms with E-state index in [-0.39, 0.29) is 17.8 Å². The summed E-state index contributed by atoms with van der Waals surface area (Å²) in [4.78, 5) is 39.7. The molecule has 188 valence electrons. The third kappa shape index (κ3) is 5.16. The maximum Gasteiger partial charge on any atom is 0.335 e. The van der Waals surface area contributed by atoms with Gasteiger partial charge >= 0.3 is 5.97 Å². The van der Waals surface area contributed by atoms with Crippen molar-refractivity contribution in [2.24, 2.45) is 0 Å². The van der Waals surface area contributed by atoms with Gasteiger partial charge < -0.3 is 10.0 Å². The number of nitrogens with zero attached hydrogens (tertiary/aromatic N) is 5. The number of carboxylic acids is 1. The number of Topliss-reactive ketones (excluding diaryl/α,β-unsaturated/α-hetero) is 1. The largest absolute Gasteiger partial charge is 0.478 e. The predicted octanol–water partition coefficient (Wildman–Crippen LogP) is 3.30. The van der Waals surface area contributed by atoms with Crippen LogP contribution in [0.25, 0.3) is 5.69 Å². The first-order valence-corrected chi connectivity index (χ1v) is 12.1. The van der Waals surface area contributed by atoms with E-state index in [1.54, 1.807) is 30.3 Å². The lowest BCUT2D eigenvalue weighted by Crippen LogP contribution is -2.43. The van der Waals surface area contributed by atoms with Crippen molar-refractivity contribution in [2.75, 3.05) is 6.54 Å². The van der Waals surface area contributed by atoms with Gasteiger partial charge in [0, 0.05) is 23.9 Å². The Morgan fingerprint density at radius 1 is 1.05 bits per heavy atom. The topological polar surface area (TPSA) is 118 Å². The number of benzene rings is 3. The summed E-state index contributed by atoms with van der Waals surface area (Å²) in [6, 6.07) is 17.9. The van der Waals surface area contributed by atoms with Crippen molar-refractivity contribution in [3.8, 4) is 17.5 Å². The number of hydrogen-bond donors (Lipinski definition) is 1. The molecular weight excluding hydrogens is 506 g/mol. The van der Waals surface area contributed by atoms with Gasteiger partial charge in [-0.2, -0.15) is 4.68 Å². The van der Waals surface area contributed by atoms with E-state index < -0.39 is 17.9 Å². The first kappa shape index (κ1) is 24.9. The second-order valence-electron chi connectivity index (χ2n) is 8.66. The number of ketones is 1. The molecule has 1 N–H and O–H groups in total. The Labute approximate surface area is 222 Å². The Kier molecular flexibility index (Phi) is 6.98. The molecule has 10 heteroatoms. The smallest absolute Gasteiger partial charge is 0.335 e. The molecule has 1 amide bonds. The lowest BCUT2D eigenvalue weighted by molar-refractivity contribution is -0.136. The molecule has 0 radical (unpaired) electrons. The molecule has 3 aromatic carbocycles. The van der Waals surface area contributed by atoms with E-state index in [0.29, 0.717) is 34.8 Å². The monoisotopic (exact) mass is 525 g/mol. The minimum Gasteiger partial charge on any atom is -0.478 e. The average molecular weight is 526 g/mol. The number of fused-ring (bicyclic) bond motifs is 1. The molecule has 0 saturated carbocycles. The summed E-state index contributed by atoms with van der Waals surface area (Å²) in [6.07, 6.45) is 2.04. The number of carbonyl (C=O) groups is 3. The van der Waals surface area contributed by atoms with Crippen molar-refractivity contribution in [1.29, 1.82) is 0 Å². The molecule has 0 spiro atoms. The van der Waals surface area contributed by atoms with Crippen molar-refractivity contribution in [3.63, 3.8) is 0 Å². The van der Waals surface area contributed by atoms with E-state index in [1.165, 1.54) is 28.0 Å². The molecule has 9 nitrogen and oxygen atoms in total. The van der Waals surface area contributed by atoms with E-state index in [2.05, 4.69) is 27.4 Å². The maximum absolute atomic E-state index is 13.6. The fraction of sp³-hybridized carbons (Fsp3) is 0.143. The number of carbonyl (C=O) groups excluding carboxylic acids is 2. The van der Waals surface area contributed by atoms with Gasteiger partial charge in [-0.3, -0.25) is 9.59 Å². The zero-order valence-corrected chi connectivity index (χ0v) is 20.7. The SMILES string of the molecule is O=C(O)c1ccc(CC(=O)[C@@H]2c3ccccc3CCN2C(=O)C#Cc2cc(Cl)ccc2-n2cnnn2)cc1. The van der Waals surface area contributed by atoms with Gasteiger partial charge in [0.05, 0.1) is 16.8 Å². The second kappa shape index (κ2) is 10.7. The summed E-state index contributed by atoms with van der Waals surface area (Å²) in [6.45, 7) is 0.328. The van der Waals surface area contributed by atoms with Crippen molar-refractivity contribution in [1.82, 2.24) is 25.1 Å². The van der Waals surface area contributed by atoms with Gasteiger partial charge in [0.25, 0.3) is 5.91 Å². The van der Waals surface area contributed by atoms with Crippen LogP contribution in [-0.4, -0.2) is 54.4 Å². The van der Waals surface area contributed by atoms with Crippen molar-refractivity contribution in [3.05, 3.63) is 106 Å². The summed E-state index contributed by atoms with van der Waals surface area (Å²) in [5, 5.41) is 20.7. The van der Waals surface area contributed by atoms with Crippen molar-refractivity contribution >= 4 is 29.3 Å². The quantitative estimate of drug-likeness (QED) is 0.397. The third-order valence-corrected chi connectivity index (χ3v) is 6.52. The van der Waals surface area contributed by atoms with E-state index in [1.807, 2.05) is 24.3 Å². The Hall–Kier alpha value is -4.81. The van der Waals surface area contributed by atoms with Crippen LogP contribution in [0.3, 0.4) is 0 Å². The molecule has 0 unspecified atom stereocenters. The molecule has 4 aromatic rings. The zero-order chi connectivity index (χ0) is 26.6. The van der Waals surface area contributed by atoms with Gasteiger partial charge in [-0.1, -0.05) is 53.9 Å². The lowest BCUT2D eigenvalue weighted by atomic mass is 9.88. The van der Waals surface area contributed by atoms with Crippen LogP contribution in [0.1, 0.15) is 38.7 Å². The summed E-state index contributed by atoms with van der Waals surface area (Å²) < 4.78 is 1.42. The summed E-state index contributed by atoms with van der Waals surface area (Å²) in [5.41, 5.74) is 3.57. The van der Waals surface area contributed by atoms with Crippen molar-refractivity contribution in [2.45, 2.75) is 18.9 Å². The first-order chi connectivity index (χ1) is 18.4. The highest BCUT2D eigenvalue weighted by atomic mass is 35.5. The highest BCUT2D eigenvalue weighted by Gasteiger charge is 2.35. The second-order valence-corrected chi connectivity index (χ2v) is 9.10. The molecule has 1 aliphatic heterocycles. The lowest BCUT2D eigenvalue weighted by Gasteiger charge is -2.35. The van der Waals surface area contributed by atoms with Gasteiger partial charge in [-0.15, -0.1) is 5.10 Å². The van der Waals surface area contributed by atoms with Crippen LogP contribution in [0.5, 0.6) is 0 Å². The summed E-state index contributed by atoms with van der Waals surface area (Å²) >= 11 is 6.17. The minimum atomic E-state index is -1.04. The fourth-order valence-electron chi connectivity index (χ4n) is 4.47. The van der Waals surface area contributed by atoms with E-state index >= 15 is 0 Å². The number of aromatic nitrogens is 4. The number of hydrogen-bond acceptors (Lipinski definition) is 6. The summed E-state index contributed by atoms with van der Waals surface area (Å²) in [7, 11) is 0. The Morgan fingerprint density at radius 2 is 1.84 bits per heavy atom. The third-order valence-electron chi connectivity index (χ3n) is 6.29. The molecule has 0 fully saturated rings. The Morgan fingerprint density at radius 3 is 2.58 bits per heavy atom. The zero-order valence-electron chi connectivity index (χ0n) is 19.9. The predicted molar refractivity (Wildman–Crippen MR) is 138 cm³/mol. The number of rotatable bonds is 5. The van der Waals surface area contributed by atoms with Crippen LogP contribution in [0.4, 0.5) is 0 Å². The maximum atomic E-state index is 13.6. The number of carboxylic acid groups (broad SMARTS) is 1. The van der Waals surface area contributed by atoms with Crippen LogP contribution in [-0.2, 0) is 22.4 Å². The van der Waals surface area contributed by atoms with Crippen LogP contribution in [0.2, 0.25) is 5.02 Å². The molecular formula is C28H20ClN5O4. The summed E-state index contributed by atoms with van der Waals surface area (Å²) in [5.74, 6) is 3.83. The Bertz CT molecular complexity index is 1590. The van der Waals surface area contributed by atoms with Crippen LogP contribution in [0.15, 0.2) is 73.1 Å². The normalized spacial score (nSPS) is 14.2. The highest BCUT2D eigenvalue weighted by molar-refractivity contribution is 6.30. The number of tetrazole rings is 1. The van der Waals surface area contributed by atoms with Crippen LogP contribution >= 0.6 is 11.6 Å². The highest BCUT2D eigenvalue weighted by Crippen LogP contribution is 2.31. The van der Waals surface area contributed by atoms with Crippen molar-refractivity contribution < 1.29 is 19.5 Å². The fourth-order valence-corrected chi connectivity index (χ4v) is 4.64. The van der Waals surface area contributed by atoms with Gasteiger partial charge in [0.15, 0.2) is 5.78 Å². The average Bonchev–Trinajstić information content (AvgIpc) is 3.46. The molecule has 2 heterocycles. The molecule has 0 saturated heterocycles. The molecule has 1 aliphatic rings. The number of amides is 1. The van der Waals surface area contributed by atoms with Gasteiger partial charge in [0.2, 0.25) is 0 Å². The molecule has 5 rings (SSSR count).